The molecule has 0 heterocycles. The smallest absolute Gasteiger partial charge is 0.231 e. The highest BCUT2D eigenvalue weighted by Crippen LogP contribution is 2.65. The van der Waals surface area contributed by atoms with Gasteiger partial charge in [-0.3, -0.25) is 9.59 Å². The zero-order valence-electron chi connectivity index (χ0n) is 17.3. The SMILES string of the molecule is N#Cc1cc(F)ccc1CC(=O)c1cccc(NC(=O)C2C(c3cc(Cl)cc(Cl)c3)C2(Cl)Cl)c1. The molecule has 1 saturated carbocycles. The Morgan fingerprint density at radius 3 is 2.41 bits per heavy atom. The van der Waals surface area contributed by atoms with E-state index in [4.69, 9.17) is 46.4 Å². The number of ketones is 1. The van der Waals surface area contributed by atoms with Crippen molar-refractivity contribution in [3.63, 3.8) is 0 Å². The summed E-state index contributed by atoms with van der Waals surface area (Å²) in [5.74, 6) is -2.51. The second-order valence-corrected chi connectivity index (χ2v) is 10.2. The van der Waals surface area contributed by atoms with Gasteiger partial charge < -0.3 is 5.32 Å². The molecule has 2 atom stereocenters. The minimum atomic E-state index is -1.33. The molecule has 9 heteroatoms. The van der Waals surface area contributed by atoms with Crippen LogP contribution in [-0.2, 0) is 11.2 Å². The lowest BCUT2D eigenvalue weighted by atomic mass is 9.99. The van der Waals surface area contributed by atoms with E-state index in [1.54, 1.807) is 36.4 Å². The van der Waals surface area contributed by atoms with Crippen LogP contribution in [0.25, 0.3) is 0 Å². The normalized spacial score (nSPS) is 18.1. The third-order valence-corrected chi connectivity index (χ3v) is 6.95. The summed E-state index contributed by atoms with van der Waals surface area (Å²) in [5, 5.41) is 12.8. The molecule has 2 unspecified atom stereocenters. The quantitative estimate of drug-likeness (QED) is 0.274. The number of rotatable bonds is 6. The monoisotopic (exact) mass is 534 g/mol. The van der Waals surface area contributed by atoms with Gasteiger partial charge in [0.15, 0.2) is 5.78 Å². The summed E-state index contributed by atoms with van der Waals surface area (Å²) in [6.07, 6.45) is -0.0900. The minimum Gasteiger partial charge on any atom is -0.326 e. The molecule has 4 rings (SSSR count). The number of nitriles is 1. The maximum atomic E-state index is 13.4. The summed E-state index contributed by atoms with van der Waals surface area (Å²) in [6.45, 7) is 0. The van der Waals surface area contributed by atoms with Gasteiger partial charge in [0, 0.05) is 33.6 Å². The van der Waals surface area contributed by atoms with Gasteiger partial charge in [-0.2, -0.15) is 5.26 Å². The van der Waals surface area contributed by atoms with Gasteiger partial charge in [0.2, 0.25) is 5.91 Å². The number of carbonyl (C=O) groups is 2. The van der Waals surface area contributed by atoms with Crippen LogP contribution in [0.2, 0.25) is 10.0 Å². The van der Waals surface area contributed by atoms with Gasteiger partial charge in [-0.15, -0.1) is 23.2 Å². The molecule has 0 aromatic heterocycles. The van der Waals surface area contributed by atoms with E-state index in [0.717, 1.165) is 6.07 Å². The number of halogens is 5. The summed E-state index contributed by atoms with van der Waals surface area (Å²) < 4.78 is 12.0. The molecule has 34 heavy (non-hydrogen) atoms. The molecule has 0 spiro atoms. The van der Waals surface area contributed by atoms with Gasteiger partial charge in [-0.1, -0.05) is 41.4 Å². The molecular weight excluding hydrogens is 521 g/mol. The van der Waals surface area contributed by atoms with Crippen molar-refractivity contribution in [3.8, 4) is 6.07 Å². The standard InChI is InChI=1S/C25H15Cl4FN2O2/c26-17-6-15(7-18(27)11-17)22-23(25(22,28)29)24(34)32-20-3-1-2-14(9-20)21(33)10-13-4-5-19(30)8-16(13)12-31/h1-9,11,22-23H,10H2,(H,32,34). The molecule has 0 radical (unpaired) electrons. The molecule has 1 N–H and O–H groups in total. The number of hydrogen-bond donors (Lipinski definition) is 1. The average Bonchev–Trinajstić information content (AvgIpc) is 3.36. The topological polar surface area (TPSA) is 70.0 Å². The second-order valence-electron chi connectivity index (χ2n) is 7.92. The highest BCUT2D eigenvalue weighted by atomic mass is 35.5. The number of nitrogens with zero attached hydrogens (tertiary/aromatic N) is 1. The number of benzene rings is 3. The largest absolute Gasteiger partial charge is 0.326 e. The number of alkyl halides is 2. The number of anilines is 1. The summed E-state index contributed by atoms with van der Waals surface area (Å²) >= 11 is 24.9. The van der Waals surface area contributed by atoms with Crippen molar-refractivity contribution in [2.45, 2.75) is 16.7 Å². The molecule has 1 aliphatic rings. The van der Waals surface area contributed by atoms with Crippen molar-refractivity contribution in [1.82, 2.24) is 0 Å². The third-order valence-electron chi connectivity index (χ3n) is 5.58. The first-order valence-electron chi connectivity index (χ1n) is 10.1. The lowest BCUT2D eigenvalue weighted by Crippen LogP contribution is -2.17. The summed E-state index contributed by atoms with van der Waals surface area (Å²) in [4.78, 5) is 25.7. The number of Topliss-reactive ketones (excluding diaryl/α,β-unsaturated/α-hetero) is 1. The molecule has 0 bridgehead atoms. The predicted molar refractivity (Wildman–Crippen MR) is 131 cm³/mol. The van der Waals surface area contributed by atoms with Crippen LogP contribution in [0, 0.1) is 23.1 Å². The zero-order chi connectivity index (χ0) is 24.6. The number of carbonyl (C=O) groups excluding carboxylic acids is 2. The molecule has 172 valence electrons. The summed E-state index contributed by atoms with van der Waals surface area (Å²) in [6, 6.07) is 16.8. The van der Waals surface area contributed by atoms with E-state index in [0.29, 0.717) is 32.4 Å². The molecule has 3 aromatic carbocycles. The molecule has 0 aliphatic heterocycles. The Labute approximate surface area is 215 Å². The van der Waals surface area contributed by atoms with Crippen molar-refractivity contribution in [2.24, 2.45) is 5.92 Å². The predicted octanol–water partition coefficient (Wildman–Crippen LogP) is 6.96. The van der Waals surface area contributed by atoms with E-state index < -0.39 is 27.9 Å². The van der Waals surface area contributed by atoms with Gasteiger partial charge >= 0.3 is 0 Å². The molecular formula is C25H15Cl4FN2O2. The van der Waals surface area contributed by atoms with Gasteiger partial charge in [-0.05, 0) is 53.6 Å². The fourth-order valence-corrected chi connectivity index (χ4v) is 5.27. The summed E-state index contributed by atoms with van der Waals surface area (Å²) in [7, 11) is 0. The highest BCUT2D eigenvalue weighted by Gasteiger charge is 2.67. The first kappa shape index (κ1) is 24.5. The number of amides is 1. The maximum absolute atomic E-state index is 13.4. The van der Waals surface area contributed by atoms with Gasteiger partial charge in [0.05, 0.1) is 17.6 Å². The molecule has 1 amide bonds. The van der Waals surface area contributed by atoms with Crippen molar-refractivity contribution >= 4 is 63.8 Å². The molecule has 3 aromatic rings. The van der Waals surface area contributed by atoms with Gasteiger partial charge in [0.25, 0.3) is 0 Å². The van der Waals surface area contributed by atoms with Crippen LogP contribution in [0.3, 0.4) is 0 Å². The van der Waals surface area contributed by atoms with E-state index in [2.05, 4.69) is 5.32 Å². The Morgan fingerprint density at radius 1 is 1.03 bits per heavy atom. The van der Waals surface area contributed by atoms with Crippen molar-refractivity contribution in [3.05, 3.63) is 98.8 Å². The van der Waals surface area contributed by atoms with E-state index in [1.807, 2.05) is 6.07 Å². The lowest BCUT2D eigenvalue weighted by Gasteiger charge is -2.08. The van der Waals surface area contributed by atoms with Gasteiger partial charge in [0.1, 0.15) is 10.2 Å². The van der Waals surface area contributed by atoms with E-state index in [-0.39, 0.29) is 17.8 Å². The Bertz CT molecular complexity index is 1330. The Balaban J connectivity index is 1.49. The van der Waals surface area contributed by atoms with Crippen LogP contribution in [0.4, 0.5) is 10.1 Å². The molecule has 0 saturated heterocycles. The number of nitrogens with one attached hydrogen (secondary N) is 1. The molecule has 1 fully saturated rings. The third kappa shape index (κ3) is 5.06. The van der Waals surface area contributed by atoms with Crippen LogP contribution in [0.1, 0.15) is 33.0 Å². The van der Waals surface area contributed by atoms with Crippen molar-refractivity contribution in [2.75, 3.05) is 5.32 Å². The van der Waals surface area contributed by atoms with Crippen molar-refractivity contribution < 1.29 is 14.0 Å². The fraction of sp³-hybridized carbons (Fsp3) is 0.160. The van der Waals surface area contributed by atoms with Crippen LogP contribution in [-0.4, -0.2) is 16.0 Å². The van der Waals surface area contributed by atoms with Crippen LogP contribution < -0.4 is 5.32 Å². The first-order valence-corrected chi connectivity index (χ1v) is 11.6. The van der Waals surface area contributed by atoms with Gasteiger partial charge in [-0.25, -0.2) is 4.39 Å². The van der Waals surface area contributed by atoms with E-state index in [1.165, 1.54) is 18.2 Å². The van der Waals surface area contributed by atoms with Crippen LogP contribution in [0.15, 0.2) is 60.7 Å². The summed E-state index contributed by atoms with van der Waals surface area (Å²) in [5.41, 5.74) is 1.87. The Kier molecular flexibility index (Phi) is 6.89. The van der Waals surface area contributed by atoms with E-state index in [9.17, 15) is 19.2 Å². The fourth-order valence-electron chi connectivity index (χ4n) is 3.89. The average molecular weight is 536 g/mol. The highest BCUT2D eigenvalue weighted by molar-refractivity contribution is 6.53. The molecule has 4 nitrogen and oxygen atoms in total. The van der Waals surface area contributed by atoms with Crippen LogP contribution >= 0.6 is 46.4 Å². The Morgan fingerprint density at radius 2 is 1.74 bits per heavy atom. The van der Waals surface area contributed by atoms with Crippen LogP contribution in [0.5, 0.6) is 0 Å². The minimum absolute atomic E-state index is 0.0900. The Hall–Kier alpha value is -2.62. The first-order chi connectivity index (χ1) is 16.1. The van der Waals surface area contributed by atoms with Crippen molar-refractivity contribution in [1.29, 1.82) is 5.26 Å². The second kappa shape index (κ2) is 9.56. The maximum Gasteiger partial charge on any atom is 0.231 e. The van der Waals surface area contributed by atoms with E-state index >= 15 is 0 Å². The number of hydrogen-bond acceptors (Lipinski definition) is 3. The zero-order valence-corrected chi connectivity index (χ0v) is 20.3. The molecule has 1 aliphatic carbocycles. The lowest BCUT2D eigenvalue weighted by molar-refractivity contribution is -0.117.